The van der Waals surface area contributed by atoms with E-state index in [9.17, 15) is 14.7 Å². The van der Waals surface area contributed by atoms with Crippen molar-refractivity contribution in [2.24, 2.45) is 0 Å². The van der Waals surface area contributed by atoms with Crippen LogP contribution in [-0.4, -0.2) is 27.1 Å². The summed E-state index contributed by atoms with van der Waals surface area (Å²) in [6, 6.07) is 4.14. The number of nitrogens with zero attached hydrogens (tertiary/aromatic N) is 3. The van der Waals surface area contributed by atoms with E-state index in [1.54, 1.807) is 12.1 Å². The van der Waals surface area contributed by atoms with E-state index < -0.39 is 12.0 Å². The minimum absolute atomic E-state index is 0.00181. The first-order valence-corrected chi connectivity index (χ1v) is 8.11. The molecule has 0 saturated carbocycles. The Kier molecular flexibility index (Phi) is 3.34. The standard InChI is InChI=1S/C14H6Cl2N4O3S/c15-5-1-2-7(6(16)3-5)20-11-8-9(19-14(20)23)10(13(21)22)24-12(8)18-4-17-11/h1-4H,(H,19,23)(H,21,22). The van der Waals surface area contributed by atoms with E-state index in [1.165, 1.54) is 17.3 Å². The first-order valence-electron chi connectivity index (χ1n) is 6.54. The van der Waals surface area contributed by atoms with Crippen LogP contribution in [0.5, 0.6) is 0 Å². The minimum atomic E-state index is -1.14. The summed E-state index contributed by atoms with van der Waals surface area (Å²) in [5, 5.41) is 13.1. The molecule has 10 heteroatoms. The summed E-state index contributed by atoms with van der Waals surface area (Å²) in [4.78, 5) is 34.0. The SMILES string of the molecule is O=C(O)c1sc2ncnc3c2c1NC(=O)N3c1ccc(Cl)cc1Cl. The number of carboxylic acid groups (broad SMARTS) is 1. The van der Waals surface area contributed by atoms with Crippen LogP contribution in [0, 0.1) is 0 Å². The van der Waals surface area contributed by atoms with Crippen LogP contribution in [-0.2, 0) is 0 Å². The van der Waals surface area contributed by atoms with E-state index in [0.717, 1.165) is 11.3 Å². The predicted octanol–water partition coefficient (Wildman–Crippen LogP) is 4.38. The third kappa shape index (κ3) is 2.11. The maximum absolute atomic E-state index is 12.6. The lowest BCUT2D eigenvalue weighted by molar-refractivity contribution is 0.0703. The number of aromatic carboxylic acids is 1. The highest BCUT2D eigenvalue weighted by atomic mass is 35.5. The normalized spacial score (nSPS) is 13.2. The second-order valence-corrected chi connectivity index (χ2v) is 6.69. The van der Waals surface area contributed by atoms with Crippen molar-refractivity contribution in [3.8, 4) is 0 Å². The number of nitrogens with one attached hydrogen (secondary N) is 1. The van der Waals surface area contributed by atoms with Crippen molar-refractivity contribution in [3.63, 3.8) is 0 Å². The summed E-state index contributed by atoms with van der Waals surface area (Å²) in [5.41, 5.74) is 0.580. The minimum Gasteiger partial charge on any atom is -0.477 e. The Bertz CT molecular complexity index is 1040. The van der Waals surface area contributed by atoms with Gasteiger partial charge in [0.2, 0.25) is 0 Å². The molecule has 0 spiro atoms. The molecule has 0 unspecified atom stereocenters. The first-order chi connectivity index (χ1) is 11.5. The number of carboxylic acids is 1. The summed E-state index contributed by atoms with van der Waals surface area (Å²) >= 11 is 13.1. The molecule has 0 bridgehead atoms. The predicted molar refractivity (Wildman–Crippen MR) is 92.0 cm³/mol. The van der Waals surface area contributed by atoms with Crippen molar-refractivity contribution in [1.82, 2.24) is 9.97 Å². The average Bonchev–Trinajstić information content (AvgIpc) is 2.89. The van der Waals surface area contributed by atoms with Crippen molar-refractivity contribution in [2.75, 3.05) is 10.2 Å². The Morgan fingerprint density at radius 1 is 1.29 bits per heavy atom. The van der Waals surface area contributed by atoms with Gasteiger partial charge in [-0.15, -0.1) is 11.3 Å². The second-order valence-electron chi connectivity index (χ2n) is 4.85. The zero-order valence-corrected chi connectivity index (χ0v) is 13.9. The number of carbonyl (C=O) groups excluding carboxylic acids is 1. The van der Waals surface area contributed by atoms with Crippen LogP contribution >= 0.6 is 34.5 Å². The number of anilines is 3. The van der Waals surface area contributed by atoms with Gasteiger partial charge in [0, 0.05) is 5.02 Å². The molecule has 3 aromatic rings. The number of hydrogen-bond acceptors (Lipinski definition) is 5. The molecule has 3 heterocycles. The molecular formula is C14H6Cl2N4O3S. The van der Waals surface area contributed by atoms with Crippen molar-refractivity contribution in [2.45, 2.75) is 0 Å². The second kappa shape index (κ2) is 5.30. The number of hydrogen-bond donors (Lipinski definition) is 2. The molecule has 0 fully saturated rings. The molecule has 1 aliphatic heterocycles. The van der Waals surface area contributed by atoms with Gasteiger partial charge >= 0.3 is 12.0 Å². The summed E-state index contributed by atoms with van der Waals surface area (Å²) in [5.74, 6) is -0.871. The quantitative estimate of drug-likeness (QED) is 0.687. The maximum atomic E-state index is 12.6. The van der Waals surface area contributed by atoms with Crippen LogP contribution in [0.1, 0.15) is 9.67 Å². The van der Waals surface area contributed by atoms with Gasteiger partial charge in [-0.05, 0) is 18.2 Å². The molecule has 2 amide bonds. The third-order valence-corrected chi connectivity index (χ3v) is 5.08. The number of amides is 2. The molecule has 1 aromatic carbocycles. The zero-order chi connectivity index (χ0) is 17.0. The molecule has 2 aromatic heterocycles. The van der Waals surface area contributed by atoms with Gasteiger partial charge in [0.1, 0.15) is 16.0 Å². The van der Waals surface area contributed by atoms with Gasteiger partial charge in [0.15, 0.2) is 5.82 Å². The fourth-order valence-electron chi connectivity index (χ4n) is 2.50. The highest BCUT2D eigenvalue weighted by Crippen LogP contribution is 2.45. The fraction of sp³-hybridized carbons (Fsp3) is 0. The molecule has 0 aliphatic carbocycles. The topological polar surface area (TPSA) is 95.4 Å². The molecule has 0 atom stereocenters. The molecule has 7 nitrogen and oxygen atoms in total. The Hall–Kier alpha value is -2.42. The van der Waals surface area contributed by atoms with E-state index in [4.69, 9.17) is 23.2 Å². The number of aromatic nitrogens is 2. The molecular weight excluding hydrogens is 375 g/mol. The van der Waals surface area contributed by atoms with Gasteiger partial charge in [-0.1, -0.05) is 23.2 Å². The van der Waals surface area contributed by atoms with Crippen molar-refractivity contribution < 1.29 is 14.7 Å². The van der Waals surface area contributed by atoms with Crippen LogP contribution in [0.2, 0.25) is 10.0 Å². The number of benzene rings is 1. The number of rotatable bonds is 2. The fourth-order valence-corrected chi connectivity index (χ4v) is 3.93. The molecule has 0 saturated heterocycles. The first kappa shape index (κ1) is 15.1. The smallest absolute Gasteiger partial charge is 0.348 e. The number of halogens is 2. The van der Waals surface area contributed by atoms with E-state index in [1.807, 2.05) is 0 Å². The lowest BCUT2D eigenvalue weighted by Gasteiger charge is -2.27. The Balaban J connectivity index is 2.01. The lowest BCUT2D eigenvalue weighted by atomic mass is 10.2. The molecule has 2 N–H and O–H groups in total. The van der Waals surface area contributed by atoms with Gasteiger partial charge in [-0.3, -0.25) is 0 Å². The Labute approximate surface area is 148 Å². The zero-order valence-electron chi connectivity index (χ0n) is 11.6. The molecule has 120 valence electrons. The van der Waals surface area contributed by atoms with Crippen molar-refractivity contribution in [3.05, 3.63) is 39.4 Å². The molecule has 0 radical (unpaired) electrons. The van der Waals surface area contributed by atoms with Crippen LogP contribution < -0.4 is 10.2 Å². The number of carbonyl (C=O) groups is 2. The van der Waals surface area contributed by atoms with Gasteiger partial charge in [0.25, 0.3) is 0 Å². The van der Waals surface area contributed by atoms with Crippen molar-refractivity contribution >= 4 is 73.9 Å². The van der Waals surface area contributed by atoms with E-state index in [0.29, 0.717) is 20.9 Å². The van der Waals surface area contributed by atoms with E-state index >= 15 is 0 Å². The van der Waals surface area contributed by atoms with Gasteiger partial charge < -0.3 is 10.4 Å². The van der Waals surface area contributed by atoms with E-state index in [2.05, 4.69) is 15.3 Å². The number of urea groups is 1. The van der Waals surface area contributed by atoms with Gasteiger partial charge in [-0.25, -0.2) is 24.5 Å². The maximum Gasteiger partial charge on any atom is 0.348 e. The molecule has 4 rings (SSSR count). The Morgan fingerprint density at radius 2 is 2.08 bits per heavy atom. The van der Waals surface area contributed by atoms with Gasteiger partial charge in [0.05, 0.1) is 21.8 Å². The highest BCUT2D eigenvalue weighted by Gasteiger charge is 2.34. The largest absolute Gasteiger partial charge is 0.477 e. The average molecular weight is 381 g/mol. The Morgan fingerprint density at radius 3 is 2.79 bits per heavy atom. The third-order valence-electron chi connectivity index (χ3n) is 3.46. The molecule has 1 aliphatic rings. The molecule has 24 heavy (non-hydrogen) atoms. The van der Waals surface area contributed by atoms with E-state index in [-0.39, 0.29) is 21.4 Å². The lowest BCUT2D eigenvalue weighted by Crippen LogP contribution is -2.35. The van der Waals surface area contributed by atoms with Gasteiger partial charge in [-0.2, -0.15) is 0 Å². The summed E-state index contributed by atoms with van der Waals surface area (Å²) in [6.45, 7) is 0. The van der Waals surface area contributed by atoms with Crippen LogP contribution in [0.25, 0.3) is 10.2 Å². The van der Waals surface area contributed by atoms with Crippen LogP contribution in [0.3, 0.4) is 0 Å². The van der Waals surface area contributed by atoms with Crippen molar-refractivity contribution in [1.29, 1.82) is 0 Å². The monoisotopic (exact) mass is 380 g/mol. The highest BCUT2D eigenvalue weighted by molar-refractivity contribution is 7.21. The van der Waals surface area contributed by atoms with Crippen LogP contribution in [0.4, 0.5) is 22.0 Å². The number of thiophene rings is 1. The summed E-state index contributed by atoms with van der Waals surface area (Å²) in [7, 11) is 0. The summed E-state index contributed by atoms with van der Waals surface area (Å²) < 4.78 is 0. The summed E-state index contributed by atoms with van der Waals surface area (Å²) in [6.07, 6.45) is 1.28. The van der Waals surface area contributed by atoms with Crippen LogP contribution in [0.15, 0.2) is 24.5 Å².